The summed E-state index contributed by atoms with van der Waals surface area (Å²) in [5.41, 5.74) is 1.22. The van der Waals surface area contributed by atoms with Gasteiger partial charge in [-0.15, -0.1) is 0 Å². The van der Waals surface area contributed by atoms with Crippen molar-refractivity contribution in [3.8, 4) is 0 Å². The molecule has 0 saturated carbocycles. The van der Waals surface area contributed by atoms with Crippen LogP contribution in [0.1, 0.15) is 18.4 Å². The molecule has 0 spiro atoms. The van der Waals surface area contributed by atoms with E-state index in [0.717, 1.165) is 37.5 Å². The molecule has 1 aliphatic heterocycles. The van der Waals surface area contributed by atoms with E-state index in [-0.39, 0.29) is 6.04 Å². The molecular weight excluding hydrogens is 344 g/mol. The Bertz CT molecular complexity index is 755. The third-order valence-electron chi connectivity index (χ3n) is 4.28. The molecule has 0 unspecified atom stereocenters. The van der Waals surface area contributed by atoms with Crippen molar-refractivity contribution in [1.82, 2.24) is 9.62 Å². The fourth-order valence-corrected chi connectivity index (χ4v) is 4.40. The number of rotatable bonds is 5. The quantitative estimate of drug-likeness (QED) is 0.885. The molecule has 2 aromatic rings. The molecule has 3 rings (SSSR count). The number of hydrogen-bond donors (Lipinski definition) is 1. The van der Waals surface area contributed by atoms with Crippen LogP contribution >= 0.6 is 11.6 Å². The van der Waals surface area contributed by atoms with E-state index < -0.39 is 10.0 Å². The Morgan fingerprint density at radius 1 is 1.00 bits per heavy atom. The number of benzene rings is 2. The maximum Gasteiger partial charge on any atom is 0.240 e. The normalized spacial score (nSPS) is 17.0. The van der Waals surface area contributed by atoms with E-state index >= 15 is 0 Å². The van der Waals surface area contributed by atoms with Gasteiger partial charge in [0.1, 0.15) is 0 Å². The zero-order chi connectivity index (χ0) is 17.0. The molecule has 0 aliphatic carbocycles. The molecule has 1 aliphatic rings. The molecule has 2 aromatic carbocycles. The van der Waals surface area contributed by atoms with Gasteiger partial charge in [0, 0.05) is 30.7 Å². The van der Waals surface area contributed by atoms with E-state index in [1.807, 2.05) is 30.3 Å². The number of halogens is 1. The zero-order valence-corrected chi connectivity index (χ0v) is 14.9. The fraction of sp³-hybridized carbons (Fsp3) is 0.333. The van der Waals surface area contributed by atoms with Crippen molar-refractivity contribution in [2.24, 2.45) is 0 Å². The highest BCUT2D eigenvalue weighted by Gasteiger charge is 2.24. The molecule has 1 fully saturated rings. The number of hydrogen-bond acceptors (Lipinski definition) is 3. The summed E-state index contributed by atoms with van der Waals surface area (Å²) < 4.78 is 27.6. The van der Waals surface area contributed by atoms with Crippen molar-refractivity contribution in [3.05, 3.63) is 65.2 Å². The Labute approximate surface area is 148 Å². The van der Waals surface area contributed by atoms with Gasteiger partial charge in [-0.1, -0.05) is 41.9 Å². The summed E-state index contributed by atoms with van der Waals surface area (Å²) in [5, 5.41) is 0.743. The third kappa shape index (κ3) is 4.57. The highest BCUT2D eigenvalue weighted by Crippen LogP contribution is 2.18. The first-order chi connectivity index (χ1) is 11.5. The van der Waals surface area contributed by atoms with E-state index in [4.69, 9.17) is 11.6 Å². The smallest absolute Gasteiger partial charge is 0.240 e. The molecule has 0 aromatic heterocycles. The van der Waals surface area contributed by atoms with E-state index in [2.05, 4.69) is 9.62 Å². The number of nitrogens with one attached hydrogen (secondary N) is 1. The Morgan fingerprint density at radius 2 is 1.62 bits per heavy atom. The van der Waals surface area contributed by atoms with Gasteiger partial charge in [0.05, 0.1) is 4.90 Å². The molecule has 0 bridgehead atoms. The van der Waals surface area contributed by atoms with Crippen LogP contribution in [0.5, 0.6) is 0 Å². The second kappa shape index (κ2) is 7.66. The second-order valence-electron chi connectivity index (χ2n) is 6.11. The van der Waals surface area contributed by atoms with Crippen LogP contribution in [0.25, 0.3) is 0 Å². The maximum absolute atomic E-state index is 12.4. The summed E-state index contributed by atoms with van der Waals surface area (Å²) in [7, 11) is -3.42. The molecule has 1 heterocycles. The van der Waals surface area contributed by atoms with Gasteiger partial charge in [0.15, 0.2) is 0 Å². The van der Waals surface area contributed by atoms with E-state index in [1.54, 1.807) is 24.3 Å². The highest BCUT2D eigenvalue weighted by atomic mass is 35.5. The van der Waals surface area contributed by atoms with Crippen molar-refractivity contribution in [1.29, 1.82) is 0 Å². The van der Waals surface area contributed by atoms with Crippen LogP contribution in [0.4, 0.5) is 0 Å². The average molecular weight is 365 g/mol. The summed E-state index contributed by atoms with van der Waals surface area (Å²) in [6.45, 7) is 2.63. The van der Waals surface area contributed by atoms with Crippen LogP contribution in [-0.4, -0.2) is 32.4 Å². The molecule has 24 heavy (non-hydrogen) atoms. The SMILES string of the molecule is O=S(=O)(NC1CCN(Cc2ccc(Cl)cc2)CC1)c1ccccc1. The lowest BCUT2D eigenvalue weighted by atomic mass is 10.1. The molecule has 128 valence electrons. The van der Waals surface area contributed by atoms with Crippen molar-refractivity contribution in [3.63, 3.8) is 0 Å². The van der Waals surface area contributed by atoms with Crippen molar-refractivity contribution in [2.75, 3.05) is 13.1 Å². The third-order valence-corrected chi connectivity index (χ3v) is 6.07. The molecule has 0 amide bonds. The molecule has 0 atom stereocenters. The monoisotopic (exact) mass is 364 g/mol. The number of likely N-dealkylation sites (tertiary alicyclic amines) is 1. The van der Waals surface area contributed by atoms with Crippen molar-refractivity contribution >= 4 is 21.6 Å². The van der Waals surface area contributed by atoms with Crippen LogP contribution in [0.2, 0.25) is 5.02 Å². The lowest BCUT2D eigenvalue weighted by Gasteiger charge is -2.32. The first-order valence-corrected chi connectivity index (χ1v) is 9.93. The van der Waals surface area contributed by atoms with Crippen molar-refractivity contribution in [2.45, 2.75) is 30.3 Å². The zero-order valence-electron chi connectivity index (χ0n) is 13.4. The summed E-state index contributed by atoms with van der Waals surface area (Å²) in [5.74, 6) is 0. The number of nitrogens with zero attached hydrogens (tertiary/aromatic N) is 1. The fourth-order valence-electron chi connectivity index (χ4n) is 2.94. The van der Waals surface area contributed by atoms with Gasteiger partial charge in [-0.25, -0.2) is 13.1 Å². The Balaban J connectivity index is 1.53. The van der Waals surface area contributed by atoms with Gasteiger partial charge in [0.2, 0.25) is 10.0 Å². The van der Waals surface area contributed by atoms with Crippen LogP contribution in [-0.2, 0) is 16.6 Å². The summed E-state index contributed by atoms with van der Waals surface area (Å²) in [6.07, 6.45) is 1.64. The minimum absolute atomic E-state index is 0.00308. The van der Waals surface area contributed by atoms with Crippen LogP contribution in [0.3, 0.4) is 0 Å². The lowest BCUT2D eigenvalue weighted by Crippen LogP contribution is -2.44. The Morgan fingerprint density at radius 3 is 2.25 bits per heavy atom. The molecule has 1 saturated heterocycles. The largest absolute Gasteiger partial charge is 0.299 e. The second-order valence-corrected chi connectivity index (χ2v) is 8.26. The van der Waals surface area contributed by atoms with Gasteiger partial charge >= 0.3 is 0 Å². The number of piperidine rings is 1. The predicted octanol–water partition coefficient (Wildman–Crippen LogP) is 3.28. The lowest BCUT2D eigenvalue weighted by molar-refractivity contribution is 0.200. The first-order valence-electron chi connectivity index (χ1n) is 8.07. The Kier molecular flexibility index (Phi) is 5.56. The van der Waals surface area contributed by atoms with Gasteiger partial charge in [-0.3, -0.25) is 4.90 Å². The minimum atomic E-state index is -3.42. The molecule has 6 heteroatoms. The van der Waals surface area contributed by atoms with Gasteiger partial charge < -0.3 is 0 Å². The van der Waals surface area contributed by atoms with Gasteiger partial charge in [0.25, 0.3) is 0 Å². The maximum atomic E-state index is 12.4. The molecule has 1 N–H and O–H groups in total. The van der Waals surface area contributed by atoms with E-state index in [9.17, 15) is 8.42 Å². The molecule has 4 nitrogen and oxygen atoms in total. The van der Waals surface area contributed by atoms with E-state index in [0.29, 0.717) is 4.90 Å². The van der Waals surface area contributed by atoms with Gasteiger partial charge in [-0.2, -0.15) is 0 Å². The molecule has 0 radical (unpaired) electrons. The van der Waals surface area contributed by atoms with Crippen LogP contribution in [0, 0.1) is 0 Å². The average Bonchev–Trinajstić information content (AvgIpc) is 2.59. The minimum Gasteiger partial charge on any atom is -0.299 e. The summed E-state index contributed by atoms with van der Waals surface area (Å²) in [4.78, 5) is 2.67. The molecular formula is C18H21ClN2O2S. The standard InChI is InChI=1S/C18H21ClN2O2S/c19-16-8-6-15(7-9-16)14-21-12-10-17(11-13-21)20-24(22,23)18-4-2-1-3-5-18/h1-9,17,20H,10-14H2. The van der Waals surface area contributed by atoms with Crippen LogP contribution in [0.15, 0.2) is 59.5 Å². The first kappa shape index (κ1) is 17.4. The van der Waals surface area contributed by atoms with Crippen molar-refractivity contribution < 1.29 is 8.42 Å². The number of sulfonamides is 1. The summed E-state index contributed by atoms with van der Waals surface area (Å²) >= 11 is 5.91. The Hall–Kier alpha value is -1.40. The summed E-state index contributed by atoms with van der Waals surface area (Å²) in [6, 6.07) is 16.4. The van der Waals surface area contributed by atoms with Crippen LogP contribution < -0.4 is 4.72 Å². The topological polar surface area (TPSA) is 49.4 Å². The van der Waals surface area contributed by atoms with E-state index in [1.165, 1.54) is 5.56 Å². The van der Waals surface area contributed by atoms with Gasteiger partial charge in [-0.05, 0) is 42.7 Å². The highest BCUT2D eigenvalue weighted by molar-refractivity contribution is 7.89. The predicted molar refractivity (Wildman–Crippen MR) is 96.5 cm³/mol.